The second kappa shape index (κ2) is 21.1. The van der Waals surface area contributed by atoms with Gasteiger partial charge in [-0.25, -0.2) is 0 Å². The predicted molar refractivity (Wildman–Crippen MR) is 274 cm³/mol. The zero-order valence-corrected chi connectivity index (χ0v) is 42.4. The lowest BCUT2D eigenvalue weighted by Crippen LogP contribution is -2.12. The van der Waals surface area contributed by atoms with Crippen LogP contribution in [0.4, 0.5) is 0 Å². The van der Waals surface area contributed by atoms with Gasteiger partial charge in [0.05, 0.1) is 21.8 Å². The van der Waals surface area contributed by atoms with Crippen LogP contribution in [0.2, 0.25) is 0 Å². The van der Waals surface area contributed by atoms with Crippen LogP contribution in [0, 0.1) is 11.8 Å². The maximum atomic E-state index is 12.7. The lowest BCUT2D eigenvalue weighted by Gasteiger charge is -2.28. The van der Waals surface area contributed by atoms with Crippen LogP contribution in [0.15, 0.2) is 186 Å². The monoisotopic (exact) mass is 1090 g/mol. The second-order valence-electron chi connectivity index (χ2n) is 16.4. The van der Waals surface area contributed by atoms with E-state index in [1.165, 1.54) is 29.5 Å². The van der Waals surface area contributed by atoms with E-state index < -0.39 is 56.7 Å². The minimum atomic E-state index is -4.94. The van der Waals surface area contributed by atoms with Crippen molar-refractivity contribution < 1.29 is 61.4 Å². The number of carboxylic acids is 1. The topological polar surface area (TPSA) is 252 Å². The van der Waals surface area contributed by atoms with Crippen molar-refractivity contribution in [1.82, 2.24) is 0 Å². The van der Waals surface area contributed by atoms with E-state index in [4.69, 9.17) is 12.6 Å². The number of rotatable bonds is 12. The molecular weight excluding hydrogens is 1050 g/mol. The minimum absolute atomic E-state index is 0.0617. The molecule has 6 aromatic rings. The van der Waals surface area contributed by atoms with Gasteiger partial charge in [0.25, 0.3) is 30.4 Å². The molecule has 5 aromatic carbocycles. The summed E-state index contributed by atoms with van der Waals surface area (Å²) in [7, 11) is -17.2. The van der Waals surface area contributed by atoms with Gasteiger partial charge in [0.15, 0.2) is 0 Å². The van der Waals surface area contributed by atoms with E-state index in [1.807, 2.05) is 72.8 Å². The minimum Gasteiger partial charge on any atom is -0.481 e. The van der Waals surface area contributed by atoms with Gasteiger partial charge in [-0.15, -0.1) is 12.6 Å². The van der Waals surface area contributed by atoms with Crippen LogP contribution in [-0.2, 0) is 52.2 Å². The molecule has 1 saturated carbocycles. The molecule has 1 aromatic heterocycles. The van der Waals surface area contributed by atoms with Crippen LogP contribution in [0.1, 0.15) is 41.5 Å². The Morgan fingerprint density at radius 1 is 0.718 bits per heavy atom. The fourth-order valence-electron chi connectivity index (χ4n) is 8.70. The van der Waals surface area contributed by atoms with Gasteiger partial charge in [-0.05, 0) is 131 Å². The smallest absolute Gasteiger partial charge is 0.425 e. The Morgan fingerprint density at radius 3 is 2.04 bits per heavy atom. The van der Waals surface area contributed by atoms with E-state index in [1.54, 1.807) is 41.7 Å². The number of hydrogen-bond acceptors (Lipinski definition) is 12. The summed E-state index contributed by atoms with van der Waals surface area (Å²) in [4.78, 5) is 14.3. The van der Waals surface area contributed by atoms with Crippen LogP contribution in [0.25, 0.3) is 37.1 Å². The maximum Gasteiger partial charge on any atom is 0.425 e. The Balaban J connectivity index is 0.00000163. The third-order valence-corrected chi connectivity index (χ3v) is 17.9. The standard InChI is InChI=1S/C50H38O11S6.O3S/c51-49(52)25-30-9-17-36(18-10-30)62-50-41(22-15-34-27-46(63-44-7-3-1-5-39(34)44)31-13-19-37(20-14-31)65(53,54)55)32-11-12-33(26-32)42(50)23-16-35-28-47(64-45-8-4-2-6-40(35)45)43-24-21-38(66(56,57)58)29-48(43)67(59,60)61;1-4(2)3/h1-10,13-24,27-29,32-33H,11-12,25-26H2,(H3-,51,52,53,54,55,56,57,58,59,60,61);/p+1. The van der Waals surface area contributed by atoms with Crippen LogP contribution in [0.3, 0.4) is 0 Å². The molecule has 9 rings (SSSR count). The Bertz CT molecular complexity index is 3760. The van der Waals surface area contributed by atoms with Gasteiger partial charge >= 0.3 is 16.6 Å². The van der Waals surface area contributed by atoms with Crippen LogP contribution < -0.4 is 0 Å². The van der Waals surface area contributed by atoms with Gasteiger partial charge < -0.3 is 5.11 Å². The first-order valence-electron chi connectivity index (χ1n) is 21.2. The molecule has 2 unspecified atom stereocenters. The van der Waals surface area contributed by atoms with Gasteiger partial charge in [0.1, 0.15) is 4.90 Å². The summed E-state index contributed by atoms with van der Waals surface area (Å²) in [6.45, 7) is 0. The number of fused-ring (bicyclic) bond motifs is 4. The summed E-state index contributed by atoms with van der Waals surface area (Å²) in [5, 5.41) is 10.3. The molecule has 1 aliphatic heterocycles. The summed E-state index contributed by atoms with van der Waals surface area (Å²) >= 11 is 4.44. The van der Waals surface area contributed by atoms with Gasteiger partial charge in [0.2, 0.25) is 20.9 Å². The quantitative estimate of drug-likeness (QED) is 0.0657. The Kier molecular flexibility index (Phi) is 15.3. The number of thioether (sulfide) groups is 2. The normalized spacial score (nSPS) is 18.0. The van der Waals surface area contributed by atoms with Crippen molar-refractivity contribution in [3.8, 4) is 10.4 Å². The molecule has 14 nitrogen and oxygen atoms in total. The highest BCUT2D eigenvalue weighted by Gasteiger charge is 2.37. The molecule has 3 aliphatic rings. The second-order valence-corrected chi connectivity index (χ2v) is 24.3. The Hall–Kier alpha value is -5.85. The average molecular weight is 1090 g/mol. The maximum absolute atomic E-state index is 12.7. The zero-order chi connectivity index (χ0) is 50.8. The number of allylic oxidation sites excluding steroid dienone is 7. The molecule has 0 radical (unpaired) electrons. The van der Waals surface area contributed by atoms with Crippen LogP contribution in [-0.4, -0.2) is 62.6 Å². The van der Waals surface area contributed by atoms with Crippen molar-refractivity contribution in [2.24, 2.45) is 11.8 Å². The van der Waals surface area contributed by atoms with Crippen molar-refractivity contribution in [3.63, 3.8) is 0 Å². The first-order chi connectivity index (χ1) is 33.6. The summed E-state index contributed by atoms with van der Waals surface area (Å²) in [5.74, 6) is -0.470. The molecule has 364 valence electrons. The lowest BCUT2D eigenvalue weighted by atomic mass is 9.84. The highest BCUT2D eigenvalue weighted by molar-refractivity contribution is 8.08. The number of benzene rings is 5. The summed E-state index contributed by atoms with van der Waals surface area (Å²) in [6, 6.07) is 34.2. The van der Waals surface area contributed by atoms with E-state index in [9.17, 15) is 48.8 Å². The Labute approximate surface area is 423 Å². The fourth-order valence-corrected chi connectivity index (χ4v) is 14.0. The zero-order valence-electron chi connectivity index (χ0n) is 36.6. The first-order valence-corrected chi connectivity index (χ1v) is 29.0. The van der Waals surface area contributed by atoms with Gasteiger partial charge in [0, 0.05) is 37.1 Å². The van der Waals surface area contributed by atoms with E-state index in [2.05, 4.69) is 30.4 Å². The number of aliphatic carboxylic acids is 1. The molecule has 2 heterocycles. The molecule has 2 bridgehead atoms. The molecule has 2 aliphatic carbocycles. The molecule has 2 atom stereocenters. The summed E-state index contributed by atoms with van der Waals surface area (Å²) < 4.78 is 129. The molecule has 71 heavy (non-hydrogen) atoms. The predicted octanol–water partition coefficient (Wildman–Crippen LogP) is 10.9. The number of carbonyl (C=O) groups is 1. The molecule has 4 N–H and O–H groups in total. The average Bonchev–Trinajstić information content (AvgIpc) is 3.75. The molecule has 0 spiro atoms. The molecule has 21 heteroatoms. The SMILES string of the molecule is O=C(O)Cc1ccc(SC2=C(/C=C/c3cc(-c4ccc(S(=O)(=O)O)cc4S(=O)(=O)O)[s+]c4ccccc34)C3CCC(C3)/C2=C\C=C2/C=C(c3ccc(S(=O)(=O)O)cc3)Sc3ccccc32)cc1.O=S(=O)=O. The third-order valence-electron chi connectivity index (χ3n) is 11.9. The summed E-state index contributed by atoms with van der Waals surface area (Å²) in [5.41, 5.74) is 6.50. The van der Waals surface area contributed by atoms with Crippen LogP contribution >= 0.6 is 34.9 Å². The van der Waals surface area contributed by atoms with Crippen molar-refractivity contribution in [1.29, 1.82) is 0 Å². The van der Waals surface area contributed by atoms with E-state index in [-0.39, 0.29) is 28.7 Å². The Morgan fingerprint density at radius 2 is 1.37 bits per heavy atom. The van der Waals surface area contributed by atoms with Crippen molar-refractivity contribution in [3.05, 3.63) is 184 Å². The number of hydrogen-bond donors (Lipinski definition) is 4. The van der Waals surface area contributed by atoms with Gasteiger partial charge in [-0.2, -0.15) is 25.3 Å². The highest BCUT2D eigenvalue weighted by Crippen LogP contribution is 2.54. The first kappa shape index (κ1) is 51.5. The van der Waals surface area contributed by atoms with Gasteiger partial charge in [-0.3, -0.25) is 18.5 Å². The van der Waals surface area contributed by atoms with E-state index in [0.717, 1.165) is 94.5 Å². The van der Waals surface area contributed by atoms with Crippen molar-refractivity contribution in [2.45, 2.75) is 50.2 Å². The summed E-state index contributed by atoms with van der Waals surface area (Å²) in [6.07, 6.45) is 13.2. The van der Waals surface area contributed by atoms with Crippen molar-refractivity contribution >= 4 is 108 Å². The molecular formula is C50H39O14S7+. The third kappa shape index (κ3) is 12.3. The molecule has 0 saturated heterocycles. The largest absolute Gasteiger partial charge is 0.481 e. The molecule has 0 amide bonds. The molecule has 1 fully saturated rings. The number of carboxylic acid groups (broad SMARTS) is 1. The lowest BCUT2D eigenvalue weighted by molar-refractivity contribution is -0.136. The fraction of sp³-hybridized carbons (Fsp3) is 0.120. The highest BCUT2D eigenvalue weighted by atomic mass is 32.2. The van der Waals surface area contributed by atoms with Crippen molar-refractivity contribution in [2.75, 3.05) is 0 Å². The van der Waals surface area contributed by atoms with Gasteiger partial charge in [-0.1, -0.05) is 102 Å². The van der Waals surface area contributed by atoms with E-state index >= 15 is 0 Å². The van der Waals surface area contributed by atoms with E-state index in [0.29, 0.717) is 10.4 Å². The van der Waals surface area contributed by atoms with Crippen LogP contribution in [0.5, 0.6) is 0 Å².